The van der Waals surface area contributed by atoms with Crippen molar-refractivity contribution < 1.29 is 4.79 Å². The van der Waals surface area contributed by atoms with E-state index in [0.29, 0.717) is 5.56 Å². The molecule has 2 heterocycles. The number of pyridine rings is 1. The third kappa shape index (κ3) is 3.87. The van der Waals surface area contributed by atoms with E-state index in [9.17, 15) is 4.79 Å². The first-order chi connectivity index (χ1) is 14.4. The lowest BCUT2D eigenvalue weighted by Gasteiger charge is -2.07. The highest BCUT2D eigenvalue weighted by molar-refractivity contribution is 5.93. The number of primary amides is 1. The van der Waals surface area contributed by atoms with Gasteiger partial charge < -0.3 is 10.7 Å². The minimum absolute atomic E-state index is 0.270. The number of nitrogens with two attached hydrogens (primary N) is 1. The Hall–Kier alpha value is -3.73. The number of nitrogens with zero attached hydrogens (tertiary/aromatic N) is 2. The van der Waals surface area contributed by atoms with Crippen molar-refractivity contribution in [3.63, 3.8) is 0 Å². The molecule has 2 aromatic heterocycles. The van der Waals surface area contributed by atoms with E-state index in [2.05, 4.69) is 35.9 Å². The normalized spacial score (nSPS) is 11.1. The van der Waals surface area contributed by atoms with Gasteiger partial charge in [-0.15, -0.1) is 0 Å². The molecule has 0 bridgehead atoms. The predicted octanol–water partition coefficient (Wildman–Crippen LogP) is 5.34. The molecule has 150 valence electrons. The summed E-state index contributed by atoms with van der Waals surface area (Å²) in [5.41, 5.74) is 12.6. The fourth-order valence-electron chi connectivity index (χ4n) is 3.42. The molecule has 0 atom stereocenters. The maximum absolute atomic E-state index is 11.3. The van der Waals surface area contributed by atoms with E-state index in [-0.39, 0.29) is 5.92 Å². The van der Waals surface area contributed by atoms with Crippen LogP contribution in [0.4, 0.5) is 0 Å². The number of carbonyl (C=O) groups is 1. The number of amides is 1. The van der Waals surface area contributed by atoms with Crippen LogP contribution in [0.1, 0.15) is 41.6 Å². The van der Waals surface area contributed by atoms with Gasteiger partial charge in [-0.1, -0.05) is 50.2 Å². The second kappa shape index (κ2) is 7.95. The molecular weight excluding hydrogens is 372 g/mol. The van der Waals surface area contributed by atoms with Crippen molar-refractivity contribution in [3.8, 4) is 33.8 Å². The summed E-state index contributed by atoms with van der Waals surface area (Å²) in [6.45, 7) is 6.22. The monoisotopic (exact) mass is 396 g/mol. The fourth-order valence-corrected chi connectivity index (χ4v) is 3.42. The van der Waals surface area contributed by atoms with Crippen molar-refractivity contribution in [2.45, 2.75) is 26.7 Å². The predicted molar refractivity (Wildman–Crippen MR) is 120 cm³/mol. The largest absolute Gasteiger partial charge is 0.366 e. The Bertz CT molecular complexity index is 1210. The summed E-state index contributed by atoms with van der Waals surface area (Å²) in [5, 5.41) is 0. The first-order valence-electron chi connectivity index (χ1n) is 9.97. The molecule has 5 heteroatoms. The number of hydrogen-bond donors (Lipinski definition) is 2. The number of H-pyrrole nitrogens is 1. The smallest absolute Gasteiger partial charge is 0.248 e. The highest BCUT2D eigenvalue weighted by Crippen LogP contribution is 2.33. The number of nitrogens with one attached hydrogen (secondary N) is 1. The minimum Gasteiger partial charge on any atom is -0.366 e. The number of aromatic amines is 1. The molecule has 0 radical (unpaired) electrons. The first kappa shape index (κ1) is 19.6. The molecule has 0 aliphatic heterocycles. The molecular formula is C25H24N4O. The average molecular weight is 396 g/mol. The minimum atomic E-state index is -0.427. The number of aryl methyl sites for hydroxylation is 1. The molecule has 0 unspecified atom stereocenters. The average Bonchev–Trinajstić information content (AvgIpc) is 3.20. The zero-order valence-electron chi connectivity index (χ0n) is 17.3. The summed E-state index contributed by atoms with van der Waals surface area (Å²) in [7, 11) is 0. The van der Waals surface area contributed by atoms with Gasteiger partial charge in [0.25, 0.3) is 0 Å². The van der Waals surface area contributed by atoms with E-state index in [1.165, 1.54) is 0 Å². The Morgan fingerprint density at radius 2 is 1.60 bits per heavy atom. The van der Waals surface area contributed by atoms with Gasteiger partial charge in [-0.05, 0) is 48.4 Å². The molecule has 0 aliphatic rings. The Balaban J connectivity index is 1.81. The van der Waals surface area contributed by atoms with E-state index in [1.54, 1.807) is 12.1 Å². The van der Waals surface area contributed by atoms with Crippen LogP contribution in [0.2, 0.25) is 0 Å². The molecule has 2 aromatic carbocycles. The molecule has 0 aliphatic carbocycles. The summed E-state index contributed by atoms with van der Waals surface area (Å²) >= 11 is 0. The van der Waals surface area contributed by atoms with E-state index in [4.69, 9.17) is 10.7 Å². The van der Waals surface area contributed by atoms with Gasteiger partial charge in [0.05, 0.1) is 11.4 Å². The Morgan fingerprint density at radius 1 is 0.900 bits per heavy atom. The number of rotatable bonds is 5. The zero-order valence-corrected chi connectivity index (χ0v) is 17.3. The molecule has 0 spiro atoms. The van der Waals surface area contributed by atoms with Crippen LogP contribution in [0.5, 0.6) is 0 Å². The molecule has 0 saturated heterocycles. The van der Waals surface area contributed by atoms with Crippen LogP contribution >= 0.6 is 0 Å². The van der Waals surface area contributed by atoms with Gasteiger partial charge in [-0.2, -0.15) is 0 Å². The van der Waals surface area contributed by atoms with Crippen molar-refractivity contribution in [2.75, 3.05) is 0 Å². The number of carbonyl (C=O) groups excluding carboxylic acids is 1. The SMILES string of the molecule is Cc1cccc(-c2nc(C(C)C)[nH]c2-c2cccc(-c3ccc(C(N)=O)cc3)c2)n1. The highest BCUT2D eigenvalue weighted by Gasteiger charge is 2.17. The lowest BCUT2D eigenvalue weighted by atomic mass is 9.99. The lowest BCUT2D eigenvalue weighted by molar-refractivity contribution is 0.100. The van der Waals surface area contributed by atoms with Gasteiger partial charge >= 0.3 is 0 Å². The van der Waals surface area contributed by atoms with E-state index in [0.717, 1.165) is 45.3 Å². The number of aromatic nitrogens is 3. The second-order valence-electron chi connectivity index (χ2n) is 7.69. The third-order valence-corrected chi connectivity index (χ3v) is 5.05. The van der Waals surface area contributed by atoms with Crippen molar-refractivity contribution in [2.24, 2.45) is 5.73 Å². The van der Waals surface area contributed by atoms with Crippen LogP contribution in [0, 0.1) is 6.92 Å². The van der Waals surface area contributed by atoms with Gasteiger partial charge in [-0.25, -0.2) is 4.98 Å². The Morgan fingerprint density at radius 3 is 2.27 bits per heavy atom. The maximum Gasteiger partial charge on any atom is 0.248 e. The number of imidazole rings is 1. The van der Waals surface area contributed by atoms with Gasteiger partial charge in [0, 0.05) is 22.7 Å². The van der Waals surface area contributed by atoms with Gasteiger partial charge in [0.2, 0.25) is 5.91 Å². The van der Waals surface area contributed by atoms with Crippen molar-refractivity contribution >= 4 is 5.91 Å². The van der Waals surface area contributed by atoms with E-state index in [1.807, 2.05) is 49.4 Å². The molecule has 0 saturated carbocycles. The Labute approximate surface area is 176 Å². The topological polar surface area (TPSA) is 84.7 Å². The number of hydrogen-bond acceptors (Lipinski definition) is 3. The zero-order chi connectivity index (χ0) is 21.3. The molecule has 5 nitrogen and oxygen atoms in total. The van der Waals surface area contributed by atoms with Crippen LogP contribution in [-0.2, 0) is 0 Å². The van der Waals surface area contributed by atoms with Crippen molar-refractivity contribution in [3.05, 3.63) is 83.8 Å². The molecule has 3 N–H and O–H groups in total. The maximum atomic E-state index is 11.3. The highest BCUT2D eigenvalue weighted by atomic mass is 16.1. The quantitative estimate of drug-likeness (QED) is 0.478. The Kier molecular flexibility index (Phi) is 5.19. The molecule has 30 heavy (non-hydrogen) atoms. The first-order valence-corrected chi connectivity index (χ1v) is 9.97. The fraction of sp³-hybridized carbons (Fsp3) is 0.160. The molecule has 4 aromatic rings. The van der Waals surface area contributed by atoms with Gasteiger partial charge in [0.1, 0.15) is 11.5 Å². The van der Waals surface area contributed by atoms with Crippen LogP contribution in [0.15, 0.2) is 66.7 Å². The summed E-state index contributed by atoms with van der Waals surface area (Å²) in [6.07, 6.45) is 0. The van der Waals surface area contributed by atoms with Gasteiger partial charge in [-0.3, -0.25) is 9.78 Å². The summed E-state index contributed by atoms with van der Waals surface area (Å²) in [4.78, 5) is 24.4. The molecule has 1 amide bonds. The summed E-state index contributed by atoms with van der Waals surface area (Å²) < 4.78 is 0. The van der Waals surface area contributed by atoms with Crippen molar-refractivity contribution in [1.29, 1.82) is 0 Å². The van der Waals surface area contributed by atoms with Crippen LogP contribution in [0.25, 0.3) is 33.8 Å². The van der Waals surface area contributed by atoms with Crippen molar-refractivity contribution in [1.82, 2.24) is 15.0 Å². The summed E-state index contributed by atoms with van der Waals surface area (Å²) in [5.74, 6) is 0.774. The van der Waals surface area contributed by atoms with E-state index < -0.39 is 5.91 Å². The van der Waals surface area contributed by atoms with Crippen LogP contribution in [-0.4, -0.2) is 20.9 Å². The summed E-state index contributed by atoms with van der Waals surface area (Å²) in [6, 6.07) is 21.6. The standard InChI is InChI=1S/C25H24N4O/c1-15(2)25-28-22(23(29-25)21-9-4-6-16(3)27-21)20-8-5-7-19(14-20)17-10-12-18(13-11-17)24(26)30/h4-15H,1-3H3,(H2,26,30)(H,28,29). The third-order valence-electron chi connectivity index (χ3n) is 5.05. The molecule has 4 rings (SSSR count). The van der Waals surface area contributed by atoms with Crippen LogP contribution in [0.3, 0.4) is 0 Å². The number of benzene rings is 2. The van der Waals surface area contributed by atoms with Gasteiger partial charge in [0.15, 0.2) is 0 Å². The second-order valence-corrected chi connectivity index (χ2v) is 7.69. The van der Waals surface area contributed by atoms with E-state index >= 15 is 0 Å². The van der Waals surface area contributed by atoms with Crippen LogP contribution < -0.4 is 5.73 Å². The molecule has 0 fully saturated rings. The lowest BCUT2D eigenvalue weighted by Crippen LogP contribution is -2.10.